The summed E-state index contributed by atoms with van der Waals surface area (Å²) in [5.74, 6) is 0.0103. The molecule has 156 valence electrons. The third-order valence-electron chi connectivity index (χ3n) is 5.22. The van der Waals surface area contributed by atoms with E-state index in [2.05, 4.69) is 20.1 Å². The molecule has 0 saturated carbocycles. The van der Waals surface area contributed by atoms with Gasteiger partial charge in [-0.1, -0.05) is 30.3 Å². The van der Waals surface area contributed by atoms with Crippen molar-refractivity contribution < 1.29 is 9.59 Å². The Kier molecular flexibility index (Phi) is 4.91. The van der Waals surface area contributed by atoms with Crippen molar-refractivity contribution in [2.24, 2.45) is 0 Å². The van der Waals surface area contributed by atoms with Gasteiger partial charge in [0.1, 0.15) is 0 Å². The molecule has 0 atom stereocenters. The minimum atomic E-state index is -0.244. The summed E-state index contributed by atoms with van der Waals surface area (Å²) in [6.07, 6.45) is 5.14. The fourth-order valence-corrected chi connectivity index (χ4v) is 3.49. The first kappa shape index (κ1) is 19.6. The first-order valence-electron chi connectivity index (χ1n) is 10.2. The number of pyridine rings is 1. The van der Waals surface area contributed by atoms with E-state index in [1.807, 2.05) is 49.4 Å². The number of benzene rings is 2. The molecule has 0 aliphatic heterocycles. The molecule has 0 fully saturated rings. The molecule has 0 saturated heterocycles. The maximum atomic E-state index is 12.9. The average Bonchev–Trinajstić information content (AvgIpc) is 3.48. The second-order valence-electron chi connectivity index (χ2n) is 7.56. The number of fused-ring (bicyclic) bond motifs is 1. The number of hydrogen-bond acceptors (Lipinski definition) is 5. The Labute approximate surface area is 183 Å². The van der Waals surface area contributed by atoms with Gasteiger partial charge in [-0.25, -0.2) is 9.67 Å². The number of rotatable bonds is 6. The highest BCUT2D eigenvalue weighted by atomic mass is 16.1. The van der Waals surface area contributed by atoms with E-state index in [1.165, 1.54) is 6.20 Å². The molecular weight excluding hydrogens is 402 g/mol. The van der Waals surface area contributed by atoms with Crippen LogP contribution in [0, 0.1) is 6.92 Å². The van der Waals surface area contributed by atoms with E-state index in [-0.39, 0.29) is 23.8 Å². The summed E-state index contributed by atoms with van der Waals surface area (Å²) in [5.41, 5.74) is 4.99. The van der Waals surface area contributed by atoms with Crippen LogP contribution in [-0.2, 0) is 6.42 Å². The minimum Gasteiger partial charge on any atom is -0.335 e. The van der Waals surface area contributed by atoms with Crippen LogP contribution in [0.25, 0.3) is 16.7 Å². The molecule has 7 nitrogen and oxygen atoms in total. The first-order valence-corrected chi connectivity index (χ1v) is 10.2. The Balaban J connectivity index is 1.37. The molecule has 5 rings (SSSR count). The second kappa shape index (κ2) is 8.03. The SMILES string of the molecule is Cc1ccc(CC(=O)c2cccc(-n3cc(C(=O)c4nc5ccccc5[nH]4)cn3)c2)cn1. The Morgan fingerprint density at radius 3 is 2.66 bits per heavy atom. The number of aromatic amines is 1. The van der Waals surface area contributed by atoms with Crippen molar-refractivity contribution in [1.82, 2.24) is 24.7 Å². The molecule has 0 amide bonds. The lowest BCUT2D eigenvalue weighted by atomic mass is 10.0. The summed E-state index contributed by atoms with van der Waals surface area (Å²) >= 11 is 0. The zero-order chi connectivity index (χ0) is 22.1. The van der Waals surface area contributed by atoms with Crippen LogP contribution in [0.4, 0.5) is 0 Å². The van der Waals surface area contributed by atoms with Gasteiger partial charge in [0.25, 0.3) is 0 Å². The van der Waals surface area contributed by atoms with Crippen molar-refractivity contribution in [2.45, 2.75) is 13.3 Å². The topological polar surface area (TPSA) is 93.5 Å². The van der Waals surface area contributed by atoms with Crippen LogP contribution in [0.15, 0.2) is 79.3 Å². The van der Waals surface area contributed by atoms with Gasteiger partial charge in [-0.3, -0.25) is 14.6 Å². The third-order valence-corrected chi connectivity index (χ3v) is 5.22. The summed E-state index contributed by atoms with van der Waals surface area (Å²) in [6.45, 7) is 1.91. The highest BCUT2D eigenvalue weighted by molar-refractivity contribution is 6.07. The highest BCUT2D eigenvalue weighted by Gasteiger charge is 2.17. The van der Waals surface area contributed by atoms with Crippen molar-refractivity contribution in [3.63, 3.8) is 0 Å². The van der Waals surface area contributed by atoms with Gasteiger partial charge in [0, 0.05) is 30.1 Å². The largest absolute Gasteiger partial charge is 0.335 e. The van der Waals surface area contributed by atoms with Gasteiger partial charge in [-0.2, -0.15) is 5.10 Å². The van der Waals surface area contributed by atoms with Crippen LogP contribution in [0.3, 0.4) is 0 Å². The number of H-pyrrole nitrogens is 1. The van der Waals surface area contributed by atoms with Crippen molar-refractivity contribution in [1.29, 1.82) is 0 Å². The van der Waals surface area contributed by atoms with Crippen LogP contribution in [0.2, 0.25) is 0 Å². The zero-order valence-corrected chi connectivity index (χ0v) is 17.3. The predicted octanol–water partition coefficient (Wildman–Crippen LogP) is 4.11. The molecule has 0 unspecified atom stereocenters. The van der Waals surface area contributed by atoms with E-state index in [1.54, 1.807) is 35.3 Å². The maximum Gasteiger partial charge on any atom is 0.231 e. The van der Waals surface area contributed by atoms with Gasteiger partial charge in [-0.15, -0.1) is 0 Å². The summed E-state index contributed by atoms with van der Waals surface area (Å²) in [7, 11) is 0. The monoisotopic (exact) mass is 421 g/mol. The van der Waals surface area contributed by atoms with Gasteiger partial charge in [0.15, 0.2) is 11.6 Å². The van der Waals surface area contributed by atoms with Crippen molar-refractivity contribution in [2.75, 3.05) is 0 Å². The number of hydrogen-bond donors (Lipinski definition) is 1. The van der Waals surface area contributed by atoms with Gasteiger partial charge in [-0.05, 0) is 42.8 Å². The van der Waals surface area contributed by atoms with Crippen molar-refractivity contribution in [3.05, 3.63) is 107 Å². The van der Waals surface area contributed by atoms with Crippen LogP contribution in [-0.4, -0.2) is 36.3 Å². The van der Waals surface area contributed by atoms with Gasteiger partial charge >= 0.3 is 0 Å². The summed E-state index contributed by atoms with van der Waals surface area (Å²) < 4.78 is 1.58. The number of imidazole rings is 1. The molecule has 0 bridgehead atoms. The number of para-hydroxylation sites is 2. The molecule has 32 heavy (non-hydrogen) atoms. The first-order chi connectivity index (χ1) is 15.6. The van der Waals surface area contributed by atoms with E-state index in [0.717, 1.165) is 22.3 Å². The van der Waals surface area contributed by atoms with Crippen LogP contribution in [0.1, 0.15) is 37.8 Å². The van der Waals surface area contributed by atoms with Gasteiger partial charge < -0.3 is 4.98 Å². The van der Waals surface area contributed by atoms with E-state index < -0.39 is 0 Å². The lowest BCUT2D eigenvalue weighted by molar-refractivity contribution is 0.0991. The number of aromatic nitrogens is 5. The number of nitrogens with zero attached hydrogens (tertiary/aromatic N) is 4. The molecule has 0 spiro atoms. The van der Waals surface area contributed by atoms with Crippen LogP contribution >= 0.6 is 0 Å². The minimum absolute atomic E-state index is 0.0109. The fourth-order valence-electron chi connectivity index (χ4n) is 3.49. The molecule has 7 heteroatoms. The molecule has 3 heterocycles. The van der Waals surface area contributed by atoms with E-state index in [4.69, 9.17) is 0 Å². The molecule has 1 N–H and O–H groups in total. The van der Waals surface area contributed by atoms with Crippen LogP contribution in [0.5, 0.6) is 0 Å². The van der Waals surface area contributed by atoms with Crippen molar-refractivity contribution in [3.8, 4) is 5.69 Å². The standard InChI is InChI=1S/C25H19N5O2/c1-16-9-10-17(13-26-16)11-23(31)18-5-4-6-20(12-18)30-15-19(14-27-30)24(32)25-28-21-7-2-3-8-22(21)29-25/h2-10,12-15H,11H2,1H3,(H,28,29). The number of Topliss-reactive ketones (excluding diaryl/α,β-unsaturated/α-hetero) is 1. The molecular formula is C25H19N5O2. The lowest BCUT2D eigenvalue weighted by Crippen LogP contribution is -2.06. The maximum absolute atomic E-state index is 12.9. The Morgan fingerprint density at radius 2 is 1.84 bits per heavy atom. The van der Waals surface area contributed by atoms with Crippen molar-refractivity contribution >= 4 is 22.6 Å². The Morgan fingerprint density at radius 1 is 0.969 bits per heavy atom. The van der Waals surface area contributed by atoms with Gasteiger partial charge in [0.05, 0.1) is 28.5 Å². The fraction of sp³-hybridized carbons (Fsp3) is 0.0800. The van der Waals surface area contributed by atoms with E-state index in [0.29, 0.717) is 16.8 Å². The quantitative estimate of drug-likeness (QED) is 0.417. The smallest absolute Gasteiger partial charge is 0.231 e. The highest BCUT2D eigenvalue weighted by Crippen LogP contribution is 2.17. The van der Waals surface area contributed by atoms with E-state index in [9.17, 15) is 9.59 Å². The predicted molar refractivity (Wildman–Crippen MR) is 120 cm³/mol. The summed E-state index contributed by atoms with van der Waals surface area (Å²) in [5, 5.41) is 4.31. The number of nitrogens with one attached hydrogen (secondary N) is 1. The Hall–Kier alpha value is -4.39. The van der Waals surface area contributed by atoms with Crippen LogP contribution < -0.4 is 0 Å². The lowest BCUT2D eigenvalue weighted by Gasteiger charge is -2.05. The van der Waals surface area contributed by atoms with Gasteiger partial charge in [0.2, 0.25) is 5.78 Å². The molecule has 0 radical (unpaired) electrons. The molecule has 5 aromatic rings. The summed E-state index contributed by atoms with van der Waals surface area (Å²) in [4.78, 5) is 37.2. The second-order valence-corrected chi connectivity index (χ2v) is 7.56. The molecule has 2 aromatic carbocycles. The average molecular weight is 421 g/mol. The number of carbonyl (C=O) groups excluding carboxylic acids is 2. The third kappa shape index (κ3) is 3.83. The Bertz CT molecular complexity index is 1410. The number of carbonyl (C=O) groups is 2. The normalized spacial score (nSPS) is 11.0. The summed E-state index contributed by atoms with van der Waals surface area (Å²) in [6, 6.07) is 18.5. The molecule has 3 aromatic heterocycles. The number of ketones is 2. The van der Waals surface area contributed by atoms with E-state index >= 15 is 0 Å². The molecule has 0 aliphatic carbocycles. The zero-order valence-electron chi connectivity index (χ0n) is 17.3. The number of aryl methyl sites for hydroxylation is 1. The molecule has 0 aliphatic rings.